The number of benzene rings is 2. The third kappa shape index (κ3) is 3.56. The predicted octanol–water partition coefficient (Wildman–Crippen LogP) is 5.30. The summed E-state index contributed by atoms with van der Waals surface area (Å²) in [5.41, 5.74) is 5.88. The van der Waals surface area contributed by atoms with Crippen LogP contribution in [0.2, 0.25) is 5.02 Å². The molecule has 0 fully saturated rings. The number of ether oxygens (including phenoxy) is 3. The van der Waals surface area contributed by atoms with Gasteiger partial charge >= 0.3 is 0 Å². The molecule has 174 valence electrons. The number of nitrogens with zero attached hydrogens (tertiary/aromatic N) is 3. The SMILES string of the molecule is COc1cc([C@H]2CC(=O)c3cnc4c(-c5ccc(Cl)cc5)c(C)nn4c3C2)cc(OC)c1OC. The van der Waals surface area contributed by atoms with E-state index in [2.05, 4.69) is 4.98 Å². The molecular weight excluding hydrogens is 454 g/mol. The Hall–Kier alpha value is -3.58. The lowest BCUT2D eigenvalue weighted by Crippen LogP contribution is -2.22. The molecule has 2 aromatic heterocycles. The summed E-state index contributed by atoms with van der Waals surface area (Å²) < 4.78 is 18.3. The average Bonchev–Trinajstić information content (AvgIpc) is 3.19. The first-order valence-electron chi connectivity index (χ1n) is 10.9. The highest BCUT2D eigenvalue weighted by Gasteiger charge is 2.31. The number of hydrogen-bond donors (Lipinski definition) is 0. The summed E-state index contributed by atoms with van der Waals surface area (Å²) in [4.78, 5) is 17.8. The molecule has 1 aliphatic carbocycles. The number of carbonyl (C=O) groups is 1. The zero-order valence-electron chi connectivity index (χ0n) is 19.4. The van der Waals surface area contributed by atoms with Crippen LogP contribution in [0.5, 0.6) is 17.2 Å². The highest BCUT2D eigenvalue weighted by molar-refractivity contribution is 6.30. The van der Waals surface area contributed by atoms with Gasteiger partial charge in [0, 0.05) is 23.2 Å². The Labute approximate surface area is 202 Å². The van der Waals surface area contributed by atoms with Gasteiger partial charge in [0.2, 0.25) is 5.75 Å². The largest absolute Gasteiger partial charge is 0.493 e. The molecule has 0 spiro atoms. The van der Waals surface area contributed by atoms with E-state index in [0.29, 0.717) is 40.7 Å². The van der Waals surface area contributed by atoms with E-state index in [9.17, 15) is 4.79 Å². The van der Waals surface area contributed by atoms with Crippen molar-refractivity contribution in [1.29, 1.82) is 0 Å². The third-order valence-electron chi connectivity index (χ3n) is 6.38. The van der Waals surface area contributed by atoms with Gasteiger partial charge in [-0.3, -0.25) is 4.79 Å². The minimum atomic E-state index is -0.0669. The lowest BCUT2D eigenvalue weighted by Gasteiger charge is -2.25. The Morgan fingerprint density at radius 2 is 1.68 bits per heavy atom. The van der Waals surface area contributed by atoms with E-state index in [1.165, 1.54) is 0 Å². The fourth-order valence-electron chi connectivity index (χ4n) is 4.73. The van der Waals surface area contributed by atoms with Crippen LogP contribution in [0.4, 0.5) is 0 Å². The topological polar surface area (TPSA) is 75.0 Å². The molecule has 0 unspecified atom stereocenters. The molecule has 8 heteroatoms. The Balaban J connectivity index is 1.62. The monoisotopic (exact) mass is 477 g/mol. The molecule has 5 rings (SSSR count). The summed E-state index contributed by atoms with van der Waals surface area (Å²) in [6.45, 7) is 1.95. The number of aryl methyl sites for hydroxylation is 1. The normalized spacial score (nSPS) is 15.3. The number of Topliss-reactive ketones (excluding diaryl/α,β-unsaturated/α-hetero) is 1. The van der Waals surface area contributed by atoms with Crippen LogP contribution < -0.4 is 14.2 Å². The van der Waals surface area contributed by atoms with Gasteiger partial charge < -0.3 is 14.2 Å². The van der Waals surface area contributed by atoms with Gasteiger partial charge in [-0.1, -0.05) is 23.7 Å². The van der Waals surface area contributed by atoms with Crippen molar-refractivity contribution in [3.8, 4) is 28.4 Å². The van der Waals surface area contributed by atoms with E-state index in [1.54, 1.807) is 27.5 Å². The minimum Gasteiger partial charge on any atom is -0.493 e. The molecule has 7 nitrogen and oxygen atoms in total. The van der Waals surface area contributed by atoms with E-state index in [4.69, 9.17) is 30.9 Å². The number of ketones is 1. The Morgan fingerprint density at radius 1 is 1.00 bits per heavy atom. The maximum atomic E-state index is 13.2. The number of carbonyl (C=O) groups excluding carboxylic acids is 1. The van der Waals surface area contributed by atoms with Gasteiger partial charge in [0.1, 0.15) is 0 Å². The van der Waals surface area contributed by atoms with Crippen LogP contribution in [-0.2, 0) is 6.42 Å². The second kappa shape index (κ2) is 8.65. The van der Waals surface area contributed by atoms with Gasteiger partial charge in [0.05, 0.1) is 38.3 Å². The maximum absolute atomic E-state index is 13.2. The molecule has 0 saturated heterocycles. The molecule has 0 aliphatic heterocycles. The second-order valence-electron chi connectivity index (χ2n) is 8.31. The number of fused-ring (bicyclic) bond motifs is 3. The molecule has 34 heavy (non-hydrogen) atoms. The van der Waals surface area contributed by atoms with Crippen LogP contribution >= 0.6 is 11.6 Å². The molecule has 4 aromatic rings. The van der Waals surface area contributed by atoms with Crippen molar-refractivity contribution < 1.29 is 19.0 Å². The first-order valence-corrected chi connectivity index (χ1v) is 11.3. The number of aromatic nitrogens is 3. The molecule has 1 atom stereocenters. The van der Waals surface area contributed by atoms with Crippen molar-refractivity contribution in [2.45, 2.75) is 25.7 Å². The molecule has 0 amide bonds. The van der Waals surface area contributed by atoms with Crippen molar-refractivity contribution in [1.82, 2.24) is 14.6 Å². The van der Waals surface area contributed by atoms with Crippen molar-refractivity contribution >= 4 is 23.0 Å². The van der Waals surface area contributed by atoms with Crippen LogP contribution in [0.3, 0.4) is 0 Å². The summed E-state index contributed by atoms with van der Waals surface area (Å²) in [6, 6.07) is 11.4. The number of hydrogen-bond acceptors (Lipinski definition) is 6. The first kappa shape index (κ1) is 22.2. The Morgan fingerprint density at radius 3 is 2.29 bits per heavy atom. The number of halogens is 1. The Kier molecular flexibility index (Phi) is 5.65. The molecule has 0 saturated carbocycles. The van der Waals surface area contributed by atoms with E-state index in [-0.39, 0.29) is 11.7 Å². The fraction of sp³-hybridized carbons (Fsp3) is 0.269. The lowest BCUT2D eigenvalue weighted by atomic mass is 9.82. The van der Waals surface area contributed by atoms with Crippen LogP contribution in [0.15, 0.2) is 42.6 Å². The molecule has 2 aromatic carbocycles. The zero-order valence-corrected chi connectivity index (χ0v) is 20.1. The summed E-state index contributed by atoms with van der Waals surface area (Å²) in [5.74, 6) is 1.63. The number of methoxy groups -OCH3 is 3. The van der Waals surface area contributed by atoms with Gasteiger partial charge in [0.25, 0.3) is 0 Å². The summed E-state index contributed by atoms with van der Waals surface area (Å²) >= 11 is 6.08. The summed E-state index contributed by atoms with van der Waals surface area (Å²) in [7, 11) is 4.74. The predicted molar refractivity (Wildman–Crippen MR) is 130 cm³/mol. The molecule has 1 aliphatic rings. The van der Waals surface area contributed by atoms with Crippen LogP contribution in [-0.4, -0.2) is 41.7 Å². The second-order valence-corrected chi connectivity index (χ2v) is 8.74. The Bertz CT molecular complexity index is 1390. The van der Waals surface area contributed by atoms with E-state index < -0.39 is 0 Å². The lowest BCUT2D eigenvalue weighted by molar-refractivity contribution is 0.0962. The highest BCUT2D eigenvalue weighted by atomic mass is 35.5. The van der Waals surface area contributed by atoms with E-state index in [0.717, 1.165) is 33.7 Å². The van der Waals surface area contributed by atoms with Gasteiger partial charge in [0.15, 0.2) is 22.9 Å². The molecule has 0 N–H and O–H groups in total. The van der Waals surface area contributed by atoms with Crippen molar-refractivity contribution in [2.75, 3.05) is 21.3 Å². The zero-order chi connectivity index (χ0) is 24.0. The third-order valence-corrected chi connectivity index (χ3v) is 6.63. The fourth-order valence-corrected chi connectivity index (χ4v) is 4.86. The van der Waals surface area contributed by atoms with Gasteiger partial charge in [-0.15, -0.1) is 0 Å². The van der Waals surface area contributed by atoms with Gasteiger partial charge in [-0.2, -0.15) is 5.10 Å². The minimum absolute atomic E-state index is 0.0376. The average molecular weight is 478 g/mol. The number of rotatable bonds is 5. The standard InChI is InChI=1S/C26H24ClN3O4/c1-14-24(15-5-7-18(27)8-6-15)26-28-13-19-20(30(26)29-14)9-16(10-21(19)31)17-11-22(32-2)25(34-4)23(12-17)33-3/h5-8,11-13,16H,9-10H2,1-4H3/t16-/m1/s1. The van der Waals surface area contributed by atoms with Gasteiger partial charge in [-0.05, 0) is 54.7 Å². The summed E-state index contributed by atoms with van der Waals surface area (Å²) in [6.07, 6.45) is 2.67. The highest BCUT2D eigenvalue weighted by Crippen LogP contribution is 2.43. The van der Waals surface area contributed by atoms with Crippen molar-refractivity contribution in [3.63, 3.8) is 0 Å². The van der Waals surface area contributed by atoms with Crippen molar-refractivity contribution in [2.24, 2.45) is 0 Å². The van der Waals surface area contributed by atoms with Crippen LogP contribution in [0, 0.1) is 6.92 Å². The van der Waals surface area contributed by atoms with E-state index >= 15 is 0 Å². The molecular formula is C26H24ClN3O4. The summed E-state index contributed by atoms with van der Waals surface area (Å²) in [5, 5.41) is 5.45. The van der Waals surface area contributed by atoms with Crippen LogP contribution in [0.1, 0.15) is 39.6 Å². The first-order chi connectivity index (χ1) is 16.4. The molecule has 0 radical (unpaired) electrons. The van der Waals surface area contributed by atoms with Crippen molar-refractivity contribution in [3.05, 3.63) is 70.1 Å². The quantitative estimate of drug-likeness (QED) is 0.388. The molecule has 2 heterocycles. The van der Waals surface area contributed by atoms with Crippen LogP contribution in [0.25, 0.3) is 16.8 Å². The van der Waals surface area contributed by atoms with E-state index in [1.807, 2.05) is 47.8 Å². The maximum Gasteiger partial charge on any atom is 0.203 e. The van der Waals surface area contributed by atoms with Gasteiger partial charge in [-0.25, -0.2) is 9.50 Å². The smallest absolute Gasteiger partial charge is 0.203 e. The molecule has 0 bridgehead atoms.